The van der Waals surface area contributed by atoms with E-state index in [9.17, 15) is 5.11 Å². The molecule has 3 atom stereocenters. The monoisotopic (exact) mass is 248 g/mol. The third kappa shape index (κ3) is 2.68. The molecule has 0 saturated carbocycles. The van der Waals surface area contributed by atoms with Crippen LogP contribution in [0.4, 0.5) is 0 Å². The first-order chi connectivity index (χ1) is 8.63. The summed E-state index contributed by atoms with van der Waals surface area (Å²) >= 11 is 0. The van der Waals surface area contributed by atoms with Crippen molar-refractivity contribution < 1.29 is 5.11 Å². The van der Waals surface area contributed by atoms with Crippen molar-refractivity contribution >= 4 is 0 Å². The Kier molecular flexibility index (Phi) is 4.25. The Morgan fingerprint density at radius 1 is 1.39 bits per heavy atom. The molecule has 0 bridgehead atoms. The van der Waals surface area contributed by atoms with Crippen molar-refractivity contribution in [1.82, 2.24) is 4.90 Å². The number of rotatable bonds is 3. The van der Waals surface area contributed by atoms with E-state index >= 15 is 0 Å². The molecule has 1 fully saturated rings. The molecule has 0 aromatic heterocycles. The summed E-state index contributed by atoms with van der Waals surface area (Å²) in [4.78, 5) is 2.47. The summed E-state index contributed by atoms with van der Waals surface area (Å²) in [5, 5.41) is 9.97. The van der Waals surface area contributed by atoms with Gasteiger partial charge >= 0.3 is 0 Å². The van der Waals surface area contributed by atoms with Gasteiger partial charge in [0.1, 0.15) is 5.75 Å². The maximum absolute atomic E-state index is 9.97. The van der Waals surface area contributed by atoms with Gasteiger partial charge in [-0.2, -0.15) is 0 Å². The van der Waals surface area contributed by atoms with Crippen LogP contribution in [-0.2, 0) is 0 Å². The zero-order valence-electron chi connectivity index (χ0n) is 11.3. The van der Waals surface area contributed by atoms with Crippen molar-refractivity contribution in [1.29, 1.82) is 0 Å². The number of nitrogens with two attached hydrogens (primary N) is 1. The van der Waals surface area contributed by atoms with Gasteiger partial charge in [0.25, 0.3) is 0 Å². The predicted octanol–water partition coefficient (Wildman–Crippen LogP) is 2.51. The molecule has 0 aliphatic carbocycles. The number of phenols is 1. The highest BCUT2D eigenvalue weighted by Crippen LogP contribution is 2.33. The molecule has 18 heavy (non-hydrogen) atoms. The summed E-state index contributed by atoms with van der Waals surface area (Å²) in [5.41, 5.74) is 6.82. The van der Waals surface area contributed by atoms with Gasteiger partial charge in [-0.1, -0.05) is 18.2 Å². The first kappa shape index (κ1) is 13.4. The lowest BCUT2D eigenvalue weighted by Crippen LogP contribution is -2.44. The summed E-state index contributed by atoms with van der Waals surface area (Å²) in [6.45, 7) is 6.23. The largest absolute Gasteiger partial charge is 0.508 e. The summed E-state index contributed by atoms with van der Waals surface area (Å²) < 4.78 is 0. The van der Waals surface area contributed by atoms with Crippen LogP contribution in [0.25, 0.3) is 0 Å². The number of piperidine rings is 1. The second-order valence-corrected chi connectivity index (χ2v) is 5.46. The lowest BCUT2D eigenvalue weighted by atomic mass is 9.91. The Morgan fingerprint density at radius 2 is 2.11 bits per heavy atom. The molecule has 1 aromatic carbocycles. The number of hydrogen-bond donors (Lipinski definition) is 2. The van der Waals surface area contributed by atoms with Crippen molar-refractivity contribution in [2.24, 2.45) is 11.7 Å². The third-order valence-electron chi connectivity index (χ3n) is 4.25. The van der Waals surface area contributed by atoms with E-state index in [4.69, 9.17) is 5.73 Å². The topological polar surface area (TPSA) is 49.5 Å². The van der Waals surface area contributed by atoms with E-state index in [1.54, 1.807) is 6.07 Å². The SMILES string of the molecule is CC1CCC(CN)CN1C(C)c1ccccc1O. The van der Waals surface area contributed by atoms with Gasteiger partial charge in [-0.25, -0.2) is 0 Å². The molecular formula is C15H24N2O. The predicted molar refractivity (Wildman–Crippen MR) is 74.5 cm³/mol. The molecule has 2 rings (SSSR count). The smallest absolute Gasteiger partial charge is 0.120 e. The number of aromatic hydroxyl groups is 1. The number of phenolic OH excluding ortho intramolecular Hbond substituents is 1. The highest BCUT2D eigenvalue weighted by atomic mass is 16.3. The van der Waals surface area contributed by atoms with Crippen LogP contribution in [0.5, 0.6) is 5.75 Å². The van der Waals surface area contributed by atoms with Crippen LogP contribution in [0.2, 0.25) is 0 Å². The zero-order valence-corrected chi connectivity index (χ0v) is 11.3. The highest BCUT2D eigenvalue weighted by Gasteiger charge is 2.29. The van der Waals surface area contributed by atoms with Crippen molar-refractivity contribution in [3.05, 3.63) is 29.8 Å². The number of likely N-dealkylation sites (tertiary alicyclic amines) is 1. The van der Waals surface area contributed by atoms with Crippen molar-refractivity contribution in [3.8, 4) is 5.75 Å². The quantitative estimate of drug-likeness (QED) is 0.864. The Balaban J connectivity index is 2.16. The molecule has 0 amide bonds. The molecule has 3 unspecified atom stereocenters. The van der Waals surface area contributed by atoms with E-state index in [0.29, 0.717) is 17.7 Å². The number of nitrogens with zero attached hydrogens (tertiary/aromatic N) is 1. The number of benzene rings is 1. The summed E-state index contributed by atoms with van der Waals surface area (Å²) in [6.07, 6.45) is 2.42. The molecule has 3 heteroatoms. The normalized spacial score (nSPS) is 27.1. The zero-order chi connectivity index (χ0) is 13.1. The fraction of sp³-hybridized carbons (Fsp3) is 0.600. The standard InChI is InChI=1S/C15H24N2O/c1-11-7-8-13(9-16)10-17(11)12(2)14-5-3-4-6-15(14)18/h3-6,11-13,18H,7-10,16H2,1-2H3. The molecule has 3 nitrogen and oxygen atoms in total. The first-order valence-electron chi connectivity index (χ1n) is 6.87. The van der Waals surface area contributed by atoms with E-state index < -0.39 is 0 Å². The van der Waals surface area contributed by atoms with E-state index in [2.05, 4.69) is 18.7 Å². The van der Waals surface area contributed by atoms with E-state index in [1.165, 1.54) is 12.8 Å². The lowest BCUT2D eigenvalue weighted by Gasteiger charge is -2.41. The van der Waals surface area contributed by atoms with Crippen LogP contribution in [-0.4, -0.2) is 29.1 Å². The van der Waals surface area contributed by atoms with Crippen molar-refractivity contribution in [2.75, 3.05) is 13.1 Å². The molecule has 0 spiro atoms. The maximum Gasteiger partial charge on any atom is 0.120 e. The van der Waals surface area contributed by atoms with Crippen molar-refractivity contribution in [2.45, 2.75) is 38.8 Å². The van der Waals surface area contributed by atoms with Gasteiger partial charge in [-0.3, -0.25) is 4.90 Å². The average Bonchev–Trinajstić information content (AvgIpc) is 2.39. The summed E-state index contributed by atoms with van der Waals surface area (Å²) in [6, 6.07) is 8.44. The number of hydrogen-bond acceptors (Lipinski definition) is 3. The molecule has 3 N–H and O–H groups in total. The molecule has 100 valence electrons. The van der Waals surface area contributed by atoms with Gasteiger partial charge in [0.05, 0.1) is 0 Å². The van der Waals surface area contributed by atoms with E-state index in [1.807, 2.05) is 18.2 Å². The molecule has 0 radical (unpaired) electrons. The fourth-order valence-electron chi connectivity index (χ4n) is 2.96. The van der Waals surface area contributed by atoms with Crippen LogP contribution in [0.15, 0.2) is 24.3 Å². The Labute approximate surface area is 110 Å². The minimum atomic E-state index is 0.246. The second kappa shape index (κ2) is 5.72. The minimum absolute atomic E-state index is 0.246. The Hall–Kier alpha value is -1.06. The van der Waals surface area contributed by atoms with Gasteiger partial charge in [-0.05, 0) is 45.2 Å². The fourth-order valence-corrected chi connectivity index (χ4v) is 2.96. The molecule has 1 aliphatic rings. The van der Waals surface area contributed by atoms with Gasteiger partial charge in [0.15, 0.2) is 0 Å². The number of para-hydroxylation sites is 1. The Morgan fingerprint density at radius 3 is 2.78 bits per heavy atom. The van der Waals surface area contributed by atoms with E-state index in [0.717, 1.165) is 18.7 Å². The minimum Gasteiger partial charge on any atom is -0.508 e. The first-order valence-corrected chi connectivity index (χ1v) is 6.87. The van der Waals surface area contributed by atoms with Crippen LogP contribution in [0.3, 0.4) is 0 Å². The van der Waals surface area contributed by atoms with Crippen LogP contribution >= 0.6 is 0 Å². The average molecular weight is 248 g/mol. The third-order valence-corrected chi connectivity index (χ3v) is 4.25. The van der Waals surface area contributed by atoms with Crippen LogP contribution in [0.1, 0.15) is 38.3 Å². The molecule has 1 aliphatic heterocycles. The summed E-state index contributed by atoms with van der Waals surface area (Å²) in [7, 11) is 0. The summed E-state index contributed by atoms with van der Waals surface area (Å²) in [5.74, 6) is 0.988. The van der Waals surface area contributed by atoms with Gasteiger partial charge in [0.2, 0.25) is 0 Å². The van der Waals surface area contributed by atoms with E-state index in [-0.39, 0.29) is 6.04 Å². The van der Waals surface area contributed by atoms with Crippen LogP contribution < -0.4 is 5.73 Å². The van der Waals surface area contributed by atoms with Gasteiger partial charge in [0, 0.05) is 24.2 Å². The maximum atomic E-state index is 9.97. The van der Waals surface area contributed by atoms with Crippen LogP contribution in [0, 0.1) is 5.92 Å². The molecule has 1 heterocycles. The molecular weight excluding hydrogens is 224 g/mol. The van der Waals surface area contributed by atoms with Gasteiger partial charge in [-0.15, -0.1) is 0 Å². The molecule has 1 saturated heterocycles. The van der Waals surface area contributed by atoms with Crippen molar-refractivity contribution in [3.63, 3.8) is 0 Å². The lowest BCUT2D eigenvalue weighted by molar-refractivity contribution is 0.0801. The Bertz CT molecular complexity index is 394. The molecule has 1 aromatic rings. The van der Waals surface area contributed by atoms with Gasteiger partial charge < -0.3 is 10.8 Å². The highest BCUT2D eigenvalue weighted by molar-refractivity contribution is 5.34. The second-order valence-electron chi connectivity index (χ2n) is 5.46.